The molecule has 30 heteroatoms. The van der Waals surface area contributed by atoms with Crippen molar-refractivity contribution in [1.29, 1.82) is 0 Å². The van der Waals surface area contributed by atoms with Crippen LogP contribution in [0, 0.1) is 11.8 Å². The molecule has 12 atom stereocenters. The second-order valence-corrected chi connectivity index (χ2v) is 30.1. The summed E-state index contributed by atoms with van der Waals surface area (Å²) < 4.78 is 0. The maximum absolute atomic E-state index is 15.4. The van der Waals surface area contributed by atoms with E-state index in [1.165, 1.54) is 52.0 Å². The van der Waals surface area contributed by atoms with Gasteiger partial charge in [0, 0.05) is 36.9 Å². The molecule has 600 valence electrons. The Labute approximate surface area is 642 Å². The molecule has 1 aliphatic carbocycles. The van der Waals surface area contributed by atoms with Gasteiger partial charge in [-0.05, 0) is 158 Å². The number of para-hydroxylation sites is 1. The normalized spacial score (nSPS) is 24.1. The van der Waals surface area contributed by atoms with Crippen molar-refractivity contribution in [2.75, 3.05) is 6.54 Å². The van der Waals surface area contributed by atoms with E-state index in [0.717, 1.165) is 24.6 Å². The Morgan fingerprint density at radius 3 is 1.96 bits per heavy atom. The van der Waals surface area contributed by atoms with Gasteiger partial charge in [0.25, 0.3) is 0 Å². The van der Waals surface area contributed by atoms with Crippen molar-refractivity contribution in [1.82, 2.24) is 64.1 Å². The van der Waals surface area contributed by atoms with Gasteiger partial charge in [0.15, 0.2) is 17.3 Å². The van der Waals surface area contributed by atoms with E-state index in [-0.39, 0.29) is 75.4 Å². The zero-order valence-electron chi connectivity index (χ0n) is 64.1. The molecule has 2 heterocycles. The predicted octanol–water partition coefficient (Wildman–Crippen LogP) is 3.51. The number of hydrogen-bond donors (Lipinski definition) is 16. The van der Waals surface area contributed by atoms with Crippen LogP contribution in [0.1, 0.15) is 187 Å². The van der Waals surface area contributed by atoms with Gasteiger partial charge in [-0.3, -0.25) is 62.3 Å². The van der Waals surface area contributed by atoms with Gasteiger partial charge >= 0.3 is 5.97 Å². The summed E-state index contributed by atoms with van der Waals surface area (Å²) in [5, 5.41) is 45.6. The number of rotatable bonds is 27. The lowest BCUT2D eigenvalue weighted by Gasteiger charge is -2.33. The molecule has 0 saturated heterocycles. The van der Waals surface area contributed by atoms with Gasteiger partial charge in [0.1, 0.15) is 36.2 Å². The van der Waals surface area contributed by atoms with Crippen LogP contribution >= 0.6 is 0 Å². The molecule has 1 saturated carbocycles. The van der Waals surface area contributed by atoms with Gasteiger partial charge in [-0.1, -0.05) is 125 Å². The van der Waals surface area contributed by atoms with Gasteiger partial charge in [-0.2, -0.15) is 0 Å². The summed E-state index contributed by atoms with van der Waals surface area (Å²) in [6.45, 7) is 10.0. The fourth-order valence-corrected chi connectivity index (χ4v) is 13.2. The van der Waals surface area contributed by atoms with E-state index in [0.29, 0.717) is 73.4 Å². The molecule has 5 amide bonds. The molecule has 0 unspecified atom stereocenters. The summed E-state index contributed by atoms with van der Waals surface area (Å²) in [4.78, 5) is 199. The van der Waals surface area contributed by atoms with Gasteiger partial charge in [0.05, 0.1) is 60.4 Å². The number of Topliss-reactive ketones (excluding diaryl/α,β-unsaturated/α-hetero) is 7. The first-order valence-electron chi connectivity index (χ1n) is 38.2. The monoisotopic (exact) mass is 1530 g/mol. The summed E-state index contributed by atoms with van der Waals surface area (Å²) in [5.74, 6) is -11.8. The number of phenolic OH excluding ortho intramolecular Hbond substituents is 1. The quantitative estimate of drug-likeness (QED) is 0.0133. The number of allylic oxidation sites excluding steroid dienone is 2. The third-order valence-corrected chi connectivity index (χ3v) is 20.2. The van der Waals surface area contributed by atoms with E-state index in [1.807, 2.05) is 24.3 Å². The van der Waals surface area contributed by atoms with Crippen molar-refractivity contribution in [3.05, 3.63) is 114 Å². The van der Waals surface area contributed by atoms with Crippen molar-refractivity contribution in [3.8, 4) is 5.75 Å². The molecule has 2 aliphatic rings. The SMILES string of the molecule is CC(=O)N[C@@H](CC(C)C)C(=O)N[C@H](C(=O)C(=O)[C@H](Cc1ccccc1)NN[C@]1(C)CCCCCCC=CCCC[C@@](C)(C=O)NC(=O)[C@H](CC2CCC2)NN[C@@H](CCC(N)=O)C(=O)CN[C@@H](C)C(=O)CC(=O)[C@H](Cc2c[nH]c3ccccc23)NN[C@@H](Cc2ccc(O)cc2)C(=O)N[C@@H](CCC(=O)O)C(=O)C1=O)[C@@H](C)O. The van der Waals surface area contributed by atoms with E-state index in [9.17, 15) is 68.1 Å². The first-order chi connectivity index (χ1) is 52.3. The number of aromatic nitrogens is 1. The number of hydrazine groups is 3. The van der Waals surface area contributed by atoms with Gasteiger partial charge in [-0.25, -0.2) is 32.6 Å². The van der Waals surface area contributed by atoms with Crippen LogP contribution in [0.5, 0.6) is 5.75 Å². The number of amides is 5. The summed E-state index contributed by atoms with van der Waals surface area (Å²) in [6, 6.07) is 8.97. The summed E-state index contributed by atoms with van der Waals surface area (Å²) in [7, 11) is 0. The first kappa shape index (κ1) is 89.5. The molecule has 0 bridgehead atoms. The zero-order valence-corrected chi connectivity index (χ0v) is 64.1. The minimum Gasteiger partial charge on any atom is -0.508 e. The molecule has 0 spiro atoms. The number of benzene rings is 3. The summed E-state index contributed by atoms with van der Waals surface area (Å²) in [5.41, 5.74) is 22.2. The second kappa shape index (κ2) is 44.4. The Hall–Kier alpha value is -9.40. The van der Waals surface area contributed by atoms with Crippen LogP contribution in [-0.4, -0.2) is 181 Å². The Kier molecular flexibility index (Phi) is 36.2. The van der Waals surface area contributed by atoms with Crippen LogP contribution in [0.3, 0.4) is 0 Å². The molecule has 30 nitrogen and oxygen atoms in total. The molecule has 0 radical (unpaired) electrons. The van der Waals surface area contributed by atoms with Crippen molar-refractivity contribution >= 4 is 93.2 Å². The highest BCUT2D eigenvalue weighted by molar-refractivity contribution is 6.43. The standard InChI is InChI=1S/C80H113N13O17/c1-48(2)39-63(84-51(5)96)76(108)86-71(50(4)95)74(106)72(104)62(40-52-23-16-15-17-24-52)92-93-80(7)38-21-14-12-10-8-9-11-13-20-37-79(6,47-94)87-78(110)65(41-53-25-22-26-53)91-88-59(33-35-69(81)101)68(100)46-82-49(3)66(98)44-67(99)61(43-55-45-83-58-28-19-18-27-57(55)58)89-90-64(42-54-29-31-56(97)32-30-54)77(109)85-60(34-36-70(102)103)73(105)75(80)107/h9,11,15-19,23-24,27-32,45,47-50,53,59-65,71,82-83,88-93,95,97H,8,10,12-14,20-22,25-26,33-44,46H2,1-7H3,(H2,81,101)(H,84,96)(H,85,109)(H,86,108)(H,87,110)(H,102,103)/t49-,50+,59-,60-,61-,62-,63-,64-,65-,71-,79-,80+/m0/s1. The number of carbonyl (C=O) groups excluding carboxylic acids is 13. The fraction of sp³-hybridized carbons (Fsp3) is 0.550. The van der Waals surface area contributed by atoms with Crippen LogP contribution in [0.25, 0.3) is 10.9 Å². The lowest BCUT2D eigenvalue weighted by atomic mass is 9.80. The molecule has 3 aromatic carbocycles. The zero-order chi connectivity index (χ0) is 80.7. The number of fused-ring (bicyclic) bond motifs is 1. The summed E-state index contributed by atoms with van der Waals surface area (Å²) in [6.07, 6.45) is 8.68. The van der Waals surface area contributed by atoms with Crippen molar-refractivity contribution in [3.63, 3.8) is 0 Å². The van der Waals surface area contributed by atoms with E-state index < -0.39 is 173 Å². The number of aliphatic carboxylic acids is 1. The van der Waals surface area contributed by atoms with Crippen molar-refractivity contribution in [2.45, 2.75) is 261 Å². The van der Waals surface area contributed by atoms with Gasteiger partial charge < -0.3 is 57.4 Å². The predicted molar refractivity (Wildman–Crippen MR) is 410 cm³/mol. The largest absolute Gasteiger partial charge is 0.508 e. The van der Waals surface area contributed by atoms with Crippen LogP contribution in [0.4, 0.5) is 0 Å². The number of carbonyl (C=O) groups is 14. The number of aldehydes is 1. The number of primary amides is 1. The number of H-pyrrole nitrogens is 1. The average molecular weight is 1530 g/mol. The molecular weight excluding hydrogens is 1410 g/mol. The van der Waals surface area contributed by atoms with Gasteiger partial charge in [0.2, 0.25) is 52.7 Å². The number of aromatic hydroxyl groups is 1. The third kappa shape index (κ3) is 29.1. The van der Waals surface area contributed by atoms with Crippen LogP contribution in [-0.2, 0) is 86.4 Å². The molecule has 1 aliphatic heterocycles. The van der Waals surface area contributed by atoms with Gasteiger partial charge in [-0.15, -0.1) is 0 Å². The number of carboxylic acids is 1. The van der Waals surface area contributed by atoms with E-state index >= 15 is 14.4 Å². The highest BCUT2D eigenvalue weighted by Gasteiger charge is 2.44. The number of aliphatic hydroxyl groups is 1. The molecular formula is C80H113N13O17. The van der Waals surface area contributed by atoms with E-state index in [4.69, 9.17) is 5.73 Å². The number of ketones is 7. The molecule has 17 N–H and O–H groups in total. The van der Waals surface area contributed by atoms with E-state index in [2.05, 4.69) is 64.1 Å². The molecule has 1 fully saturated rings. The maximum atomic E-state index is 15.4. The first-order valence-corrected chi connectivity index (χ1v) is 38.2. The number of aliphatic hydroxyl groups excluding tert-OH is 1. The lowest BCUT2D eigenvalue weighted by Crippen LogP contribution is -2.65. The molecule has 4 aromatic rings. The van der Waals surface area contributed by atoms with Crippen LogP contribution in [0.2, 0.25) is 0 Å². The average Bonchev–Trinajstić information content (AvgIpc) is 1.05. The third-order valence-electron chi connectivity index (χ3n) is 20.2. The van der Waals surface area contributed by atoms with Crippen LogP contribution in [0.15, 0.2) is 97.2 Å². The van der Waals surface area contributed by atoms with Crippen LogP contribution < -0.4 is 64.9 Å². The smallest absolute Gasteiger partial charge is 0.303 e. The van der Waals surface area contributed by atoms with Crippen molar-refractivity contribution in [2.24, 2.45) is 17.6 Å². The number of nitrogens with two attached hydrogens (primary N) is 1. The number of phenols is 1. The minimum atomic E-state index is -2.02. The second-order valence-electron chi connectivity index (χ2n) is 30.1. The van der Waals surface area contributed by atoms with E-state index in [1.54, 1.807) is 69.4 Å². The number of nitrogens with one attached hydrogen (secondary N) is 12. The van der Waals surface area contributed by atoms with Crippen molar-refractivity contribution < 1.29 is 82.4 Å². The summed E-state index contributed by atoms with van der Waals surface area (Å²) >= 11 is 0. The topological polar surface area (TPSA) is 474 Å². The minimum absolute atomic E-state index is 0.0946. The highest BCUT2D eigenvalue weighted by atomic mass is 16.4. The molecule has 6 rings (SSSR count). The molecule has 1 aromatic heterocycles. The number of hydrogen-bond acceptors (Lipinski definition) is 23. The molecule has 110 heavy (non-hydrogen) atoms. The maximum Gasteiger partial charge on any atom is 0.303 e. The number of aromatic amines is 1. The lowest BCUT2D eigenvalue weighted by molar-refractivity contribution is -0.144. The highest BCUT2D eigenvalue weighted by Crippen LogP contribution is 2.31. The Morgan fingerprint density at radius 2 is 1.32 bits per heavy atom. The Morgan fingerprint density at radius 1 is 0.673 bits per heavy atom. The Balaban J connectivity index is 1.38. The fourth-order valence-electron chi connectivity index (χ4n) is 13.2. The number of carboxylic acid groups (broad SMARTS) is 1. The Bertz CT molecular complexity index is 3840.